The van der Waals surface area contributed by atoms with E-state index >= 15 is 0 Å². The number of hydrogen-bond acceptors (Lipinski definition) is 3. The Labute approximate surface area is 167 Å². The number of nitrogens with zero attached hydrogens (tertiary/aromatic N) is 2. The fraction of sp³-hybridized carbons (Fsp3) is 0.318. The molecule has 150 valence electrons. The summed E-state index contributed by atoms with van der Waals surface area (Å²) in [6, 6.07) is 10.3. The number of amides is 2. The predicted molar refractivity (Wildman–Crippen MR) is 108 cm³/mol. The highest BCUT2D eigenvalue weighted by atomic mass is 19.1. The van der Waals surface area contributed by atoms with Crippen LogP contribution in [0.4, 0.5) is 4.39 Å². The molecule has 1 saturated heterocycles. The molecule has 3 N–H and O–H groups in total. The van der Waals surface area contributed by atoms with E-state index in [1.807, 2.05) is 23.1 Å². The highest BCUT2D eigenvalue weighted by Gasteiger charge is 2.23. The van der Waals surface area contributed by atoms with Gasteiger partial charge in [0.05, 0.1) is 17.3 Å². The molecule has 7 heteroatoms. The largest absolute Gasteiger partial charge is 0.366 e. The molecule has 0 saturated carbocycles. The fourth-order valence-corrected chi connectivity index (χ4v) is 4.06. The molecule has 0 radical (unpaired) electrons. The van der Waals surface area contributed by atoms with E-state index in [2.05, 4.69) is 10.2 Å². The van der Waals surface area contributed by atoms with E-state index in [9.17, 15) is 14.0 Å². The van der Waals surface area contributed by atoms with Crippen LogP contribution in [0, 0.1) is 5.82 Å². The Balaban J connectivity index is 1.35. The lowest BCUT2D eigenvalue weighted by atomic mass is 9.89. The van der Waals surface area contributed by atoms with Crippen molar-refractivity contribution in [2.45, 2.75) is 31.6 Å². The van der Waals surface area contributed by atoms with Gasteiger partial charge in [-0.15, -0.1) is 0 Å². The zero-order chi connectivity index (χ0) is 20.4. The van der Waals surface area contributed by atoms with Gasteiger partial charge in [0.2, 0.25) is 5.91 Å². The van der Waals surface area contributed by atoms with Crippen molar-refractivity contribution in [3.05, 3.63) is 65.1 Å². The molecule has 0 aliphatic carbocycles. The van der Waals surface area contributed by atoms with Gasteiger partial charge < -0.3 is 10.6 Å². The maximum atomic E-state index is 13.1. The molecule has 1 aromatic heterocycles. The molecule has 0 bridgehead atoms. The van der Waals surface area contributed by atoms with E-state index in [1.54, 1.807) is 12.3 Å². The van der Waals surface area contributed by atoms with Crippen LogP contribution in [0.5, 0.6) is 0 Å². The second-order valence-electron chi connectivity index (χ2n) is 7.55. The molecule has 6 nitrogen and oxygen atoms in total. The molecule has 2 aromatic carbocycles. The average molecular weight is 394 g/mol. The molecule has 4 rings (SSSR count). The number of H-pyrrole nitrogens is 1. The number of aromatic amines is 1. The number of aryl methyl sites for hydroxylation is 1. The van der Waals surface area contributed by atoms with Gasteiger partial charge in [-0.1, -0.05) is 12.1 Å². The van der Waals surface area contributed by atoms with Crippen LogP contribution in [-0.4, -0.2) is 40.0 Å². The van der Waals surface area contributed by atoms with Crippen molar-refractivity contribution in [1.29, 1.82) is 0 Å². The van der Waals surface area contributed by atoms with Crippen molar-refractivity contribution in [2.75, 3.05) is 13.1 Å². The van der Waals surface area contributed by atoms with Crippen LogP contribution in [0.3, 0.4) is 0 Å². The Hall–Kier alpha value is -3.22. The topological polar surface area (TPSA) is 92.1 Å². The van der Waals surface area contributed by atoms with Crippen LogP contribution in [0.1, 0.15) is 46.7 Å². The number of carbonyl (C=O) groups excluding carboxylic acids is 2. The minimum Gasteiger partial charge on any atom is -0.366 e. The zero-order valence-corrected chi connectivity index (χ0v) is 16.0. The van der Waals surface area contributed by atoms with Gasteiger partial charge in [-0.25, -0.2) is 4.39 Å². The number of piperidine rings is 1. The van der Waals surface area contributed by atoms with Crippen molar-refractivity contribution >= 4 is 22.7 Å². The molecular weight excluding hydrogens is 371 g/mol. The van der Waals surface area contributed by atoms with Crippen LogP contribution in [0.15, 0.2) is 42.6 Å². The Bertz CT molecular complexity index is 1040. The Morgan fingerprint density at radius 3 is 2.59 bits per heavy atom. The van der Waals surface area contributed by atoms with Gasteiger partial charge in [-0.3, -0.25) is 14.7 Å². The van der Waals surface area contributed by atoms with Crippen LogP contribution in [0.2, 0.25) is 0 Å². The maximum absolute atomic E-state index is 13.1. The summed E-state index contributed by atoms with van der Waals surface area (Å²) in [5.74, 6) is -0.276. The predicted octanol–water partition coefficient (Wildman–Crippen LogP) is 3.14. The summed E-state index contributed by atoms with van der Waals surface area (Å²) in [7, 11) is 0. The number of halogens is 1. The lowest BCUT2D eigenvalue weighted by Gasteiger charge is -2.32. The van der Waals surface area contributed by atoms with E-state index in [0.717, 1.165) is 29.4 Å². The lowest BCUT2D eigenvalue weighted by Crippen LogP contribution is -2.38. The third kappa shape index (κ3) is 4.13. The Morgan fingerprint density at radius 1 is 1.17 bits per heavy atom. The first-order chi connectivity index (χ1) is 14.0. The third-order valence-electron chi connectivity index (χ3n) is 5.69. The number of carbonyl (C=O) groups is 2. The summed E-state index contributed by atoms with van der Waals surface area (Å²) in [4.78, 5) is 26.2. The number of nitrogens with two attached hydrogens (primary N) is 1. The minimum absolute atomic E-state index is 0.107. The van der Waals surface area contributed by atoms with Gasteiger partial charge in [0.25, 0.3) is 5.91 Å². The molecule has 0 spiro atoms. The number of likely N-dealkylation sites (tertiary alicyclic amines) is 1. The van der Waals surface area contributed by atoms with Crippen molar-refractivity contribution < 1.29 is 14.0 Å². The summed E-state index contributed by atoms with van der Waals surface area (Å²) in [6.07, 6.45) is 4.32. The molecule has 0 atom stereocenters. The minimum atomic E-state index is -0.518. The second-order valence-corrected chi connectivity index (χ2v) is 7.55. The standard InChI is InChI=1S/C22H23FN4O2/c23-18-4-2-15(3-5-18)16-7-9-27(10-8-16)20(28)6-1-14-11-17-13-25-26-21(17)19(12-14)22(24)29/h2-5,11-13,16H,1,6-10H2,(H2,24,29)(H,25,26). The number of nitrogens with one attached hydrogen (secondary N) is 1. The van der Waals surface area contributed by atoms with E-state index in [0.29, 0.717) is 42.9 Å². The van der Waals surface area contributed by atoms with Gasteiger partial charge in [-0.2, -0.15) is 5.10 Å². The Morgan fingerprint density at radius 2 is 1.90 bits per heavy atom. The molecule has 2 amide bonds. The van der Waals surface area contributed by atoms with Crippen LogP contribution >= 0.6 is 0 Å². The number of aromatic nitrogens is 2. The van der Waals surface area contributed by atoms with Crippen LogP contribution in [-0.2, 0) is 11.2 Å². The zero-order valence-electron chi connectivity index (χ0n) is 16.0. The number of hydrogen-bond donors (Lipinski definition) is 2. The van der Waals surface area contributed by atoms with E-state index < -0.39 is 5.91 Å². The van der Waals surface area contributed by atoms with Crippen LogP contribution < -0.4 is 5.73 Å². The van der Waals surface area contributed by atoms with Crippen molar-refractivity contribution in [3.63, 3.8) is 0 Å². The second kappa shape index (κ2) is 8.03. The number of rotatable bonds is 5. The first-order valence-corrected chi connectivity index (χ1v) is 9.80. The highest BCUT2D eigenvalue weighted by molar-refractivity contribution is 6.04. The van der Waals surface area contributed by atoms with Crippen molar-refractivity contribution in [2.24, 2.45) is 5.73 Å². The van der Waals surface area contributed by atoms with Crippen LogP contribution in [0.25, 0.3) is 10.9 Å². The molecular formula is C22H23FN4O2. The van der Waals surface area contributed by atoms with Crippen molar-refractivity contribution in [3.8, 4) is 0 Å². The fourth-order valence-electron chi connectivity index (χ4n) is 4.06. The summed E-state index contributed by atoms with van der Waals surface area (Å²) in [6.45, 7) is 1.41. The van der Waals surface area contributed by atoms with Gasteiger partial charge in [-0.05, 0) is 60.6 Å². The normalized spacial score (nSPS) is 15.0. The first-order valence-electron chi connectivity index (χ1n) is 9.80. The first kappa shape index (κ1) is 19.1. The van der Waals surface area contributed by atoms with E-state index in [4.69, 9.17) is 5.73 Å². The molecule has 3 aromatic rings. The summed E-state index contributed by atoms with van der Waals surface area (Å²) in [5, 5.41) is 7.56. The molecule has 29 heavy (non-hydrogen) atoms. The molecule has 1 fully saturated rings. The molecule has 0 unspecified atom stereocenters. The summed E-state index contributed by atoms with van der Waals surface area (Å²) in [5.41, 5.74) is 8.50. The van der Waals surface area contributed by atoms with Crippen molar-refractivity contribution in [1.82, 2.24) is 15.1 Å². The SMILES string of the molecule is NC(=O)c1cc(CCC(=O)N2CCC(c3ccc(F)cc3)CC2)cc2cn[nH]c12. The van der Waals surface area contributed by atoms with Gasteiger partial charge in [0.1, 0.15) is 5.82 Å². The number of primary amides is 1. The summed E-state index contributed by atoms with van der Waals surface area (Å²) >= 11 is 0. The van der Waals surface area contributed by atoms with E-state index in [-0.39, 0.29) is 11.7 Å². The third-order valence-corrected chi connectivity index (χ3v) is 5.69. The molecule has 2 heterocycles. The average Bonchev–Trinajstić information content (AvgIpc) is 3.20. The number of benzene rings is 2. The lowest BCUT2D eigenvalue weighted by molar-refractivity contribution is -0.132. The van der Waals surface area contributed by atoms with E-state index in [1.165, 1.54) is 12.1 Å². The summed E-state index contributed by atoms with van der Waals surface area (Å²) < 4.78 is 13.1. The number of fused-ring (bicyclic) bond motifs is 1. The quantitative estimate of drug-likeness (QED) is 0.696. The van der Waals surface area contributed by atoms with Gasteiger partial charge >= 0.3 is 0 Å². The monoisotopic (exact) mass is 394 g/mol. The van der Waals surface area contributed by atoms with Gasteiger partial charge in [0, 0.05) is 24.9 Å². The van der Waals surface area contributed by atoms with Gasteiger partial charge in [0.15, 0.2) is 0 Å². The molecule has 1 aliphatic rings. The Kier molecular flexibility index (Phi) is 5.29. The molecule has 1 aliphatic heterocycles. The maximum Gasteiger partial charge on any atom is 0.250 e. The smallest absolute Gasteiger partial charge is 0.250 e. The highest BCUT2D eigenvalue weighted by Crippen LogP contribution is 2.28.